The maximum Gasteiger partial charge on any atom is 0.243 e. The van der Waals surface area contributed by atoms with Gasteiger partial charge in [-0.3, -0.25) is 0 Å². The summed E-state index contributed by atoms with van der Waals surface area (Å²) in [5.74, 6) is 0.725. The van der Waals surface area contributed by atoms with Crippen molar-refractivity contribution < 1.29 is 17.9 Å². The fourth-order valence-corrected chi connectivity index (χ4v) is 2.20. The molecule has 2 N–H and O–H groups in total. The van der Waals surface area contributed by atoms with Gasteiger partial charge in [-0.05, 0) is 29.8 Å². The molecule has 7 heteroatoms. The van der Waals surface area contributed by atoms with Crippen molar-refractivity contribution in [3.05, 3.63) is 48.2 Å². The minimum Gasteiger partial charge on any atom is -0.497 e. The van der Waals surface area contributed by atoms with Crippen molar-refractivity contribution in [1.82, 2.24) is 4.98 Å². The standard InChI is InChI=1S/C13H14N2O4S/c1-18-11-6-4-10(5-7-11)9-19-13-12(20(14,16)17)3-2-8-15-13/h2-8H,9H2,1H3,(H2,14,16,17). The molecule has 0 spiro atoms. The molecule has 0 atom stereocenters. The summed E-state index contributed by atoms with van der Waals surface area (Å²) in [5, 5.41) is 5.10. The van der Waals surface area contributed by atoms with Gasteiger partial charge in [0, 0.05) is 6.20 Å². The third-order valence-electron chi connectivity index (χ3n) is 2.58. The second-order valence-corrected chi connectivity index (χ2v) is 5.52. The van der Waals surface area contributed by atoms with Gasteiger partial charge in [0.25, 0.3) is 0 Å². The van der Waals surface area contributed by atoms with Crippen LogP contribution in [-0.2, 0) is 16.6 Å². The lowest BCUT2D eigenvalue weighted by atomic mass is 10.2. The number of pyridine rings is 1. The highest BCUT2D eigenvalue weighted by atomic mass is 32.2. The van der Waals surface area contributed by atoms with Gasteiger partial charge in [-0.15, -0.1) is 0 Å². The van der Waals surface area contributed by atoms with Gasteiger partial charge >= 0.3 is 0 Å². The van der Waals surface area contributed by atoms with Crippen molar-refractivity contribution in [3.8, 4) is 11.6 Å². The summed E-state index contributed by atoms with van der Waals surface area (Å²) in [6.45, 7) is 0.184. The zero-order valence-electron chi connectivity index (χ0n) is 10.8. The number of ether oxygens (including phenoxy) is 2. The SMILES string of the molecule is COc1ccc(COc2ncccc2S(N)(=O)=O)cc1. The number of hydrogen-bond donors (Lipinski definition) is 1. The molecule has 0 aliphatic rings. The summed E-state index contributed by atoms with van der Waals surface area (Å²) < 4.78 is 33.2. The summed E-state index contributed by atoms with van der Waals surface area (Å²) >= 11 is 0. The molecule has 2 aromatic rings. The van der Waals surface area contributed by atoms with Gasteiger partial charge in [0.05, 0.1) is 7.11 Å². The van der Waals surface area contributed by atoms with Crippen LogP contribution in [0.25, 0.3) is 0 Å². The Hall–Kier alpha value is -2.12. The van der Waals surface area contributed by atoms with E-state index in [9.17, 15) is 8.42 Å². The summed E-state index contributed by atoms with van der Waals surface area (Å²) in [5.41, 5.74) is 0.858. The Bertz CT molecular complexity index is 684. The number of primary sulfonamides is 1. The van der Waals surface area contributed by atoms with E-state index in [4.69, 9.17) is 14.6 Å². The minimum atomic E-state index is -3.86. The first-order chi connectivity index (χ1) is 9.50. The second kappa shape index (κ2) is 5.89. The average molecular weight is 294 g/mol. The van der Waals surface area contributed by atoms with E-state index in [1.165, 1.54) is 18.3 Å². The Kier molecular flexibility index (Phi) is 4.21. The zero-order valence-corrected chi connectivity index (χ0v) is 11.6. The Balaban J connectivity index is 2.15. The lowest BCUT2D eigenvalue weighted by molar-refractivity contribution is 0.285. The first-order valence-electron chi connectivity index (χ1n) is 5.74. The Labute approximate surface area is 117 Å². The van der Waals surface area contributed by atoms with E-state index >= 15 is 0 Å². The average Bonchev–Trinajstić information content (AvgIpc) is 2.45. The number of hydrogen-bond acceptors (Lipinski definition) is 5. The number of aromatic nitrogens is 1. The molecule has 0 radical (unpaired) electrons. The van der Waals surface area contributed by atoms with Gasteiger partial charge in [0.1, 0.15) is 17.3 Å². The lowest BCUT2D eigenvalue weighted by Gasteiger charge is -2.09. The molecule has 0 unspecified atom stereocenters. The van der Waals surface area contributed by atoms with E-state index in [-0.39, 0.29) is 17.4 Å². The smallest absolute Gasteiger partial charge is 0.243 e. The molecule has 0 aliphatic heterocycles. The van der Waals surface area contributed by atoms with Crippen molar-refractivity contribution >= 4 is 10.0 Å². The predicted octanol–water partition coefficient (Wildman–Crippen LogP) is 1.32. The van der Waals surface area contributed by atoms with Crippen LogP contribution in [0.4, 0.5) is 0 Å². The highest BCUT2D eigenvalue weighted by Crippen LogP contribution is 2.20. The molecule has 0 amide bonds. The van der Waals surface area contributed by atoms with Gasteiger partial charge in [0.2, 0.25) is 15.9 Å². The molecule has 1 aromatic carbocycles. The lowest BCUT2D eigenvalue weighted by Crippen LogP contribution is -2.14. The molecular formula is C13H14N2O4S. The maximum absolute atomic E-state index is 11.4. The third kappa shape index (κ3) is 3.46. The summed E-state index contributed by atoms with van der Waals surface area (Å²) in [6.07, 6.45) is 1.44. The van der Waals surface area contributed by atoms with Crippen LogP contribution >= 0.6 is 0 Å². The molecule has 106 valence electrons. The molecule has 0 saturated heterocycles. The van der Waals surface area contributed by atoms with Gasteiger partial charge in [-0.25, -0.2) is 18.5 Å². The van der Waals surface area contributed by atoms with E-state index in [0.717, 1.165) is 11.3 Å². The molecule has 0 bridgehead atoms. The number of nitrogens with two attached hydrogens (primary N) is 1. The van der Waals surface area contributed by atoms with Gasteiger partial charge < -0.3 is 9.47 Å². The van der Waals surface area contributed by atoms with Crippen LogP contribution in [-0.4, -0.2) is 20.5 Å². The van der Waals surface area contributed by atoms with Gasteiger partial charge in [-0.1, -0.05) is 12.1 Å². The summed E-state index contributed by atoms with van der Waals surface area (Å²) in [7, 11) is -2.27. The predicted molar refractivity (Wildman–Crippen MR) is 72.9 cm³/mol. The molecule has 2 rings (SSSR count). The molecule has 1 aromatic heterocycles. The first-order valence-corrected chi connectivity index (χ1v) is 7.29. The Morgan fingerprint density at radius 1 is 1.20 bits per heavy atom. The first kappa shape index (κ1) is 14.3. The van der Waals surface area contributed by atoms with Crippen LogP contribution in [0.5, 0.6) is 11.6 Å². The number of rotatable bonds is 5. The molecule has 20 heavy (non-hydrogen) atoms. The molecule has 1 heterocycles. The van der Waals surface area contributed by atoms with Crippen molar-refractivity contribution in [2.75, 3.05) is 7.11 Å². The van der Waals surface area contributed by atoms with Crippen molar-refractivity contribution in [2.45, 2.75) is 11.5 Å². The highest BCUT2D eigenvalue weighted by molar-refractivity contribution is 7.89. The fourth-order valence-electron chi connectivity index (χ4n) is 1.57. The van der Waals surface area contributed by atoms with E-state index in [0.29, 0.717) is 0 Å². The number of benzene rings is 1. The minimum absolute atomic E-state index is 0.00850. The van der Waals surface area contributed by atoms with E-state index in [2.05, 4.69) is 4.98 Å². The van der Waals surface area contributed by atoms with Crippen LogP contribution in [0.15, 0.2) is 47.5 Å². The zero-order chi connectivity index (χ0) is 14.6. The Morgan fingerprint density at radius 2 is 1.90 bits per heavy atom. The monoisotopic (exact) mass is 294 g/mol. The van der Waals surface area contributed by atoms with E-state index < -0.39 is 10.0 Å². The molecule has 0 fully saturated rings. The summed E-state index contributed by atoms with van der Waals surface area (Å²) in [4.78, 5) is 3.76. The van der Waals surface area contributed by atoms with Crippen LogP contribution < -0.4 is 14.6 Å². The second-order valence-electron chi connectivity index (χ2n) is 3.99. The van der Waals surface area contributed by atoms with Crippen LogP contribution in [0, 0.1) is 0 Å². The topological polar surface area (TPSA) is 91.5 Å². The van der Waals surface area contributed by atoms with Crippen molar-refractivity contribution in [1.29, 1.82) is 0 Å². The number of nitrogens with zero attached hydrogens (tertiary/aromatic N) is 1. The number of sulfonamides is 1. The van der Waals surface area contributed by atoms with Crippen LogP contribution in [0.1, 0.15) is 5.56 Å². The van der Waals surface area contributed by atoms with Gasteiger partial charge in [0.15, 0.2) is 0 Å². The Morgan fingerprint density at radius 3 is 2.50 bits per heavy atom. The third-order valence-corrected chi connectivity index (χ3v) is 3.50. The van der Waals surface area contributed by atoms with Crippen LogP contribution in [0.3, 0.4) is 0 Å². The van der Waals surface area contributed by atoms with E-state index in [1.54, 1.807) is 19.2 Å². The molecule has 6 nitrogen and oxygen atoms in total. The van der Waals surface area contributed by atoms with Crippen molar-refractivity contribution in [3.63, 3.8) is 0 Å². The fraction of sp³-hybridized carbons (Fsp3) is 0.154. The van der Waals surface area contributed by atoms with Gasteiger partial charge in [-0.2, -0.15) is 0 Å². The highest BCUT2D eigenvalue weighted by Gasteiger charge is 2.15. The molecule has 0 aliphatic carbocycles. The number of methoxy groups -OCH3 is 1. The summed E-state index contributed by atoms with van der Waals surface area (Å²) in [6, 6.07) is 10.1. The van der Waals surface area contributed by atoms with Crippen LogP contribution in [0.2, 0.25) is 0 Å². The van der Waals surface area contributed by atoms with Crippen molar-refractivity contribution in [2.24, 2.45) is 5.14 Å². The van der Waals surface area contributed by atoms with E-state index in [1.807, 2.05) is 12.1 Å². The normalized spacial score (nSPS) is 11.1. The quantitative estimate of drug-likeness (QED) is 0.898. The molecule has 0 saturated carbocycles. The molecular weight excluding hydrogens is 280 g/mol. The maximum atomic E-state index is 11.4. The largest absolute Gasteiger partial charge is 0.497 e.